The quantitative estimate of drug-likeness (QED) is 0.372. The van der Waals surface area contributed by atoms with Gasteiger partial charge in [-0.25, -0.2) is 13.2 Å². The summed E-state index contributed by atoms with van der Waals surface area (Å²) >= 11 is 5.99. The van der Waals surface area contributed by atoms with E-state index in [0.29, 0.717) is 30.8 Å². The lowest BCUT2D eigenvalue weighted by Gasteiger charge is -2.42. The van der Waals surface area contributed by atoms with Gasteiger partial charge in [0, 0.05) is 37.2 Å². The van der Waals surface area contributed by atoms with E-state index in [1.54, 1.807) is 4.90 Å². The van der Waals surface area contributed by atoms with Crippen LogP contribution in [0.1, 0.15) is 56.2 Å². The lowest BCUT2D eigenvalue weighted by Crippen LogP contribution is -2.55. The molecule has 1 saturated carbocycles. The van der Waals surface area contributed by atoms with Crippen molar-refractivity contribution in [3.63, 3.8) is 0 Å². The van der Waals surface area contributed by atoms with Gasteiger partial charge >= 0.3 is 12.3 Å². The molecule has 0 aromatic heterocycles. The fourth-order valence-electron chi connectivity index (χ4n) is 5.93. The molecule has 2 aromatic carbocycles. The predicted molar refractivity (Wildman–Crippen MR) is 149 cm³/mol. The van der Waals surface area contributed by atoms with Gasteiger partial charge in [0.05, 0.1) is 22.5 Å². The summed E-state index contributed by atoms with van der Waals surface area (Å²) in [6, 6.07) is 8.78. The zero-order valence-electron chi connectivity index (χ0n) is 22.9. The molecule has 2 aliphatic heterocycles. The van der Waals surface area contributed by atoms with E-state index in [0.717, 1.165) is 37.7 Å². The molecule has 2 heterocycles. The Kier molecular flexibility index (Phi) is 8.90. The van der Waals surface area contributed by atoms with E-state index in [2.05, 4.69) is 4.90 Å². The first kappa shape index (κ1) is 30.1. The number of amides is 1. The lowest BCUT2D eigenvalue weighted by molar-refractivity contribution is -0.137. The van der Waals surface area contributed by atoms with Crippen LogP contribution in [-0.4, -0.2) is 73.5 Å². The van der Waals surface area contributed by atoms with Crippen LogP contribution < -0.4 is 0 Å². The molecule has 3 fully saturated rings. The van der Waals surface area contributed by atoms with Crippen molar-refractivity contribution in [1.29, 1.82) is 0 Å². The number of halogens is 4. The Morgan fingerprint density at radius 1 is 1.05 bits per heavy atom. The number of piperazine rings is 1. The van der Waals surface area contributed by atoms with E-state index in [4.69, 9.17) is 16.3 Å². The molecule has 1 amide bonds. The zero-order chi connectivity index (χ0) is 29.4. The highest BCUT2D eigenvalue weighted by molar-refractivity contribution is 7.89. The minimum Gasteiger partial charge on any atom is -0.448 e. The Balaban J connectivity index is 1.37. The highest BCUT2D eigenvalue weighted by atomic mass is 35.5. The summed E-state index contributed by atoms with van der Waals surface area (Å²) in [5.74, 6) is 0.755. The van der Waals surface area contributed by atoms with Crippen molar-refractivity contribution in [2.75, 3.05) is 32.8 Å². The van der Waals surface area contributed by atoms with Gasteiger partial charge in [0.1, 0.15) is 6.61 Å². The number of hydrogen-bond donors (Lipinski definition) is 0. The standard InChI is InChI=1S/C29H35ClF3N3O4S/c1-20-17-34(18-21-8-9-21)14-15-35(20)28(37)40-19-25-6-3-7-27(22-4-2-5-23(16-22)29(31,32)33)36(25)41(38,39)26-12-10-24(30)11-13-26/h2,4-5,10-13,16,20-21,25,27H,3,6-9,14-15,17-19H2,1H3/t20?,25-,27+/m1/s1. The van der Waals surface area contributed by atoms with Gasteiger partial charge in [-0.2, -0.15) is 17.5 Å². The van der Waals surface area contributed by atoms with E-state index < -0.39 is 39.9 Å². The first-order chi connectivity index (χ1) is 19.4. The minimum atomic E-state index is -4.57. The van der Waals surface area contributed by atoms with Gasteiger partial charge in [0.25, 0.3) is 0 Å². The van der Waals surface area contributed by atoms with Crippen LogP contribution in [-0.2, 0) is 20.9 Å². The molecule has 1 aliphatic carbocycles. The van der Waals surface area contributed by atoms with E-state index in [-0.39, 0.29) is 23.1 Å². The van der Waals surface area contributed by atoms with Crippen molar-refractivity contribution >= 4 is 27.7 Å². The maximum absolute atomic E-state index is 14.0. The number of hydrogen-bond acceptors (Lipinski definition) is 5. The SMILES string of the molecule is CC1CN(CC2CC2)CCN1C(=O)OC[C@H]1CCC[C@@H](c2cccc(C(F)(F)F)c2)N1S(=O)(=O)c1ccc(Cl)cc1. The van der Waals surface area contributed by atoms with Gasteiger partial charge in [-0.3, -0.25) is 4.90 Å². The third-order valence-electron chi connectivity index (χ3n) is 8.23. The molecule has 3 aliphatic rings. The molecule has 0 N–H and O–H groups in total. The molecule has 0 bridgehead atoms. The fraction of sp³-hybridized carbons (Fsp3) is 0.552. The highest BCUT2D eigenvalue weighted by Gasteiger charge is 2.42. The number of carbonyl (C=O) groups is 1. The summed E-state index contributed by atoms with van der Waals surface area (Å²) in [6.07, 6.45) is -1.26. The second-order valence-corrected chi connectivity index (χ2v) is 13.6. The smallest absolute Gasteiger partial charge is 0.416 e. The van der Waals surface area contributed by atoms with Gasteiger partial charge in [-0.15, -0.1) is 0 Å². The maximum Gasteiger partial charge on any atom is 0.416 e. The second kappa shape index (κ2) is 12.1. The van der Waals surface area contributed by atoms with Crippen molar-refractivity contribution in [3.05, 3.63) is 64.7 Å². The summed E-state index contributed by atoms with van der Waals surface area (Å²) in [5, 5.41) is 0.355. The second-order valence-electron chi connectivity index (χ2n) is 11.3. The van der Waals surface area contributed by atoms with Crippen LogP contribution in [0.4, 0.5) is 18.0 Å². The first-order valence-electron chi connectivity index (χ1n) is 14.1. The van der Waals surface area contributed by atoms with Crippen LogP contribution in [0.2, 0.25) is 5.02 Å². The van der Waals surface area contributed by atoms with E-state index in [1.165, 1.54) is 53.5 Å². The Labute approximate surface area is 244 Å². The molecule has 0 spiro atoms. The normalized spacial score (nSPS) is 24.8. The van der Waals surface area contributed by atoms with Gasteiger partial charge < -0.3 is 9.64 Å². The number of ether oxygens (including phenoxy) is 1. The molecule has 7 nitrogen and oxygen atoms in total. The molecule has 12 heteroatoms. The third-order valence-corrected chi connectivity index (χ3v) is 10.5. The number of sulfonamides is 1. The van der Waals surface area contributed by atoms with Crippen molar-refractivity contribution in [3.8, 4) is 0 Å². The highest BCUT2D eigenvalue weighted by Crippen LogP contribution is 2.41. The van der Waals surface area contributed by atoms with Gasteiger partial charge in [-0.05, 0) is 86.9 Å². The largest absolute Gasteiger partial charge is 0.448 e. The number of rotatable bonds is 7. The average Bonchev–Trinajstić information content (AvgIpc) is 3.75. The van der Waals surface area contributed by atoms with Gasteiger partial charge in [0.15, 0.2) is 0 Å². The third kappa shape index (κ3) is 7.01. The monoisotopic (exact) mass is 613 g/mol. The van der Waals surface area contributed by atoms with E-state index >= 15 is 0 Å². The fourth-order valence-corrected chi connectivity index (χ4v) is 7.90. The summed E-state index contributed by atoms with van der Waals surface area (Å²) < 4.78 is 75.6. The Morgan fingerprint density at radius 2 is 1.78 bits per heavy atom. The van der Waals surface area contributed by atoms with Crippen LogP contribution >= 0.6 is 11.6 Å². The summed E-state index contributed by atoms with van der Waals surface area (Å²) in [6.45, 7) is 4.86. The van der Waals surface area contributed by atoms with Crippen molar-refractivity contribution in [2.45, 2.75) is 68.2 Å². The summed E-state index contributed by atoms with van der Waals surface area (Å²) in [5.41, 5.74) is -0.601. The van der Waals surface area contributed by atoms with Crippen molar-refractivity contribution < 1.29 is 31.1 Å². The molecule has 2 aromatic rings. The molecule has 3 atom stereocenters. The van der Waals surface area contributed by atoms with E-state index in [9.17, 15) is 26.4 Å². The van der Waals surface area contributed by atoms with Crippen LogP contribution in [0.15, 0.2) is 53.4 Å². The van der Waals surface area contributed by atoms with Crippen LogP contribution in [0.3, 0.4) is 0 Å². The van der Waals surface area contributed by atoms with Crippen LogP contribution in [0.5, 0.6) is 0 Å². The average molecular weight is 614 g/mol. The first-order valence-corrected chi connectivity index (χ1v) is 15.9. The lowest BCUT2D eigenvalue weighted by atomic mass is 9.92. The van der Waals surface area contributed by atoms with Crippen molar-refractivity contribution in [1.82, 2.24) is 14.1 Å². The number of carbonyl (C=O) groups excluding carboxylic acids is 1. The van der Waals surface area contributed by atoms with Crippen molar-refractivity contribution in [2.24, 2.45) is 5.92 Å². The number of piperidine rings is 1. The number of benzene rings is 2. The Morgan fingerprint density at radius 3 is 2.44 bits per heavy atom. The molecular weight excluding hydrogens is 579 g/mol. The molecule has 0 radical (unpaired) electrons. The van der Waals surface area contributed by atoms with Crippen LogP contribution in [0.25, 0.3) is 0 Å². The predicted octanol–water partition coefficient (Wildman–Crippen LogP) is 6.20. The Bertz CT molecular complexity index is 1340. The molecule has 224 valence electrons. The molecule has 1 unspecified atom stereocenters. The summed E-state index contributed by atoms with van der Waals surface area (Å²) in [7, 11) is -4.19. The number of alkyl halides is 3. The van der Waals surface area contributed by atoms with E-state index in [1.807, 2.05) is 6.92 Å². The minimum absolute atomic E-state index is 0.0301. The molecule has 2 saturated heterocycles. The maximum atomic E-state index is 14.0. The van der Waals surface area contributed by atoms with Crippen LogP contribution in [0, 0.1) is 5.92 Å². The molecule has 5 rings (SSSR count). The topological polar surface area (TPSA) is 70.2 Å². The molecular formula is C29H35ClF3N3O4S. The van der Waals surface area contributed by atoms with Gasteiger partial charge in [0.2, 0.25) is 10.0 Å². The Hall–Kier alpha value is -2.34. The zero-order valence-corrected chi connectivity index (χ0v) is 24.5. The number of nitrogens with zero attached hydrogens (tertiary/aromatic N) is 3. The van der Waals surface area contributed by atoms with Gasteiger partial charge in [-0.1, -0.05) is 23.7 Å². The summed E-state index contributed by atoms with van der Waals surface area (Å²) in [4.78, 5) is 17.2. The molecule has 41 heavy (non-hydrogen) atoms.